The number of esters is 1. The topological polar surface area (TPSA) is 59.2 Å². The molecule has 3 rings (SSSR count). The molecular weight excluding hydrogens is 266 g/mol. The Morgan fingerprint density at radius 3 is 2.81 bits per heavy atom. The number of aromatic nitrogens is 1. The van der Waals surface area contributed by atoms with Crippen LogP contribution in [0.4, 0.5) is 0 Å². The predicted molar refractivity (Wildman–Crippen MR) is 80.2 cm³/mol. The zero-order valence-electron chi connectivity index (χ0n) is 12.3. The molecule has 0 bridgehead atoms. The van der Waals surface area contributed by atoms with Crippen molar-refractivity contribution in [2.75, 3.05) is 6.61 Å². The summed E-state index contributed by atoms with van der Waals surface area (Å²) < 4.78 is 5.13. The lowest BCUT2D eigenvalue weighted by Crippen LogP contribution is -2.15. The summed E-state index contributed by atoms with van der Waals surface area (Å²) in [5.41, 5.74) is 2.76. The Labute approximate surface area is 123 Å². The summed E-state index contributed by atoms with van der Waals surface area (Å²) in [6.07, 6.45) is 3.49. The van der Waals surface area contributed by atoms with Gasteiger partial charge in [0.2, 0.25) is 5.78 Å². The highest BCUT2D eigenvalue weighted by Crippen LogP contribution is 2.38. The average Bonchev–Trinajstić information content (AvgIpc) is 3.07. The molecule has 0 amide bonds. The SMILES string of the molecule is CCc1cccc2c(C(=O)COC(=O)[C@H]3C[C@H]3C)c[nH]c12. The number of H-pyrrole nitrogens is 1. The molecule has 4 nitrogen and oxygen atoms in total. The van der Waals surface area contributed by atoms with Gasteiger partial charge in [0.25, 0.3) is 0 Å². The first-order chi connectivity index (χ1) is 10.1. The highest BCUT2D eigenvalue weighted by atomic mass is 16.5. The van der Waals surface area contributed by atoms with Crippen molar-refractivity contribution in [3.63, 3.8) is 0 Å². The number of nitrogens with one attached hydrogen (secondary N) is 1. The number of aromatic amines is 1. The third-order valence-corrected chi connectivity index (χ3v) is 4.24. The van der Waals surface area contributed by atoms with Crippen molar-refractivity contribution in [1.29, 1.82) is 0 Å². The molecule has 0 aliphatic heterocycles. The summed E-state index contributed by atoms with van der Waals surface area (Å²) in [4.78, 5) is 27.1. The van der Waals surface area contributed by atoms with Crippen LogP contribution >= 0.6 is 0 Å². The number of aryl methyl sites for hydroxylation is 1. The van der Waals surface area contributed by atoms with Gasteiger partial charge in [-0.05, 0) is 24.3 Å². The largest absolute Gasteiger partial charge is 0.457 e. The molecule has 1 aliphatic rings. The van der Waals surface area contributed by atoms with Gasteiger partial charge in [-0.15, -0.1) is 0 Å². The lowest BCUT2D eigenvalue weighted by atomic mass is 10.1. The molecular formula is C17H19NO3. The summed E-state index contributed by atoms with van der Waals surface area (Å²) >= 11 is 0. The summed E-state index contributed by atoms with van der Waals surface area (Å²) in [6.45, 7) is 3.92. The summed E-state index contributed by atoms with van der Waals surface area (Å²) in [6, 6.07) is 5.91. The molecule has 0 saturated heterocycles. The number of carbonyl (C=O) groups excluding carboxylic acids is 2. The number of hydrogen-bond acceptors (Lipinski definition) is 3. The fraction of sp³-hybridized carbons (Fsp3) is 0.412. The third kappa shape index (κ3) is 2.58. The minimum atomic E-state index is -0.245. The lowest BCUT2D eigenvalue weighted by molar-refractivity contribution is -0.144. The van der Waals surface area contributed by atoms with Gasteiger partial charge in [0.15, 0.2) is 6.61 Å². The van der Waals surface area contributed by atoms with Crippen molar-refractivity contribution in [3.8, 4) is 0 Å². The van der Waals surface area contributed by atoms with Crippen molar-refractivity contribution < 1.29 is 14.3 Å². The van der Waals surface area contributed by atoms with Gasteiger partial charge in [-0.1, -0.05) is 32.0 Å². The van der Waals surface area contributed by atoms with Crippen molar-refractivity contribution in [2.45, 2.75) is 26.7 Å². The molecule has 2 aromatic rings. The molecule has 1 heterocycles. The van der Waals surface area contributed by atoms with Crippen LogP contribution in [0.5, 0.6) is 0 Å². The predicted octanol–water partition coefficient (Wildman–Crippen LogP) is 3.11. The minimum absolute atomic E-state index is 0.00698. The van der Waals surface area contributed by atoms with E-state index in [1.807, 2.05) is 25.1 Å². The van der Waals surface area contributed by atoms with Crippen LogP contribution in [0.1, 0.15) is 36.2 Å². The van der Waals surface area contributed by atoms with Gasteiger partial charge in [-0.2, -0.15) is 0 Å². The number of hydrogen-bond donors (Lipinski definition) is 1. The van der Waals surface area contributed by atoms with Gasteiger partial charge in [-0.3, -0.25) is 9.59 Å². The van der Waals surface area contributed by atoms with Crippen molar-refractivity contribution in [3.05, 3.63) is 35.5 Å². The highest BCUT2D eigenvalue weighted by Gasteiger charge is 2.40. The maximum absolute atomic E-state index is 12.3. The number of carbonyl (C=O) groups is 2. The van der Waals surface area contributed by atoms with E-state index in [1.54, 1.807) is 6.20 Å². The van der Waals surface area contributed by atoms with Crippen molar-refractivity contribution in [2.24, 2.45) is 11.8 Å². The summed E-state index contributed by atoms with van der Waals surface area (Å²) in [5.74, 6) is -0.0126. The minimum Gasteiger partial charge on any atom is -0.457 e. The second-order valence-electron chi connectivity index (χ2n) is 5.75. The zero-order valence-corrected chi connectivity index (χ0v) is 12.3. The number of fused-ring (bicyclic) bond motifs is 1. The third-order valence-electron chi connectivity index (χ3n) is 4.24. The Hall–Kier alpha value is -2.10. The number of Topliss-reactive ketones (excluding diaryl/α,β-unsaturated/α-hetero) is 1. The number of benzene rings is 1. The number of ketones is 1. The van der Waals surface area contributed by atoms with E-state index in [9.17, 15) is 9.59 Å². The van der Waals surface area contributed by atoms with E-state index >= 15 is 0 Å². The number of rotatable bonds is 5. The van der Waals surface area contributed by atoms with E-state index in [2.05, 4.69) is 11.9 Å². The van der Waals surface area contributed by atoms with Crippen LogP contribution in [0, 0.1) is 11.8 Å². The second kappa shape index (κ2) is 5.35. The fourth-order valence-electron chi connectivity index (χ4n) is 2.71. The smallest absolute Gasteiger partial charge is 0.309 e. The molecule has 1 aromatic carbocycles. The Balaban J connectivity index is 1.74. The lowest BCUT2D eigenvalue weighted by Gasteiger charge is -2.03. The Bertz CT molecular complexity index is 701. The van der Waals surface area contributed by atoms with Gasteiger partial charge in [0, 0.05) is 22.7 Å². The van der Waals surface area contributed by atoms with Crippen LogP contribution in [0.3, 0.4) is 0 Å². The maximum atomic E-state index is 12.3. The van der Waals surface area contributed by atoms with Gasteiger partial charge < -0.3 is 9.72 Å². The number of para-hydroxylation sites is 1. The molecule has 4 heteroatoms. The molecule has 110 valence electrons. The van der Waals surface area contributed by atoms with Crippen LogP contribution in [-0.4, -0.2) is 23.3 Å². The van der Waals surface area contributed by atoms with E-state index in [1.165, 1.54) is 5.56 Å². The van der Waals surface area contributed by atoms with E-state index in [0.717, 1.165) is 23.7 Å². The Kier molecular flexibility index (Phi) is 3.53. The molecule has 2 atom stereocenters. The fourth-order valence-corrected chi connectivity index (χ4v) is 2.71. The van der Waals surface area contributed by atoms with E-state index in [4.69, 9.17) is 4.74 Å². The molecule has 21 heavy (non-hydrogen) atoms. The van der Waals surface area contributed by atoms with E-state index in [0.29, 0.717) is 11.5 Å². The first-order valence-corrected chi connectivity index (χ1v) is 7.40. The first kappa shape index (κ1) is 13.9. The maximum Gasteiger partial charge on any atom is 0.309 e. The van der Waals surface area contributed by atoms with E-state index in [-0.39, 0.29) is 24.3 Å². The zero-order chi connectivity index (χ0) is 15.0. The molecule has 1 saturated carbocycles. The van der Waals surface area contributed by atoms with Crippen LogP contribution in [0.15, 0.2) is 24.4 Å². The van der Waals surface area contributed by atoms with Gasteiger partial charge in [-0.25, -0.2) is 0 Å². The Morgan fingerprint density at radius 1 is 1.38 bits per heavy atom. The van der Waals surface area contributed by atoms with Crippen LogP contribution in [-0.2, 0) is 16.0 Å². The quantitative estimate of drug-likeness (QED) is 0.678. The van der Waals surface area contributed by atoms with Crippen molar-refractivity contribution in [1.82, 2.24) is 4.98 Å². The molecule has 1 N–H and O–H groups in total. The molecule has 1 fully saturated rings. The molecule has 0 radical (unpaired) electrons. The van der Waals surface area contributed by atoms with Crippen LogP contribution in [0.2, 0.25) is 0 Å². The Morgan fingerprint density at radius 2 is 2.14 bits per heavy atom. The van der Waals surface area contributed by atoms with Crippen molar-refractivity contribution >= 4 is 22.7 Å². The van der Waals surface area contributed by atoms with Crippen LogP contribution in [0.25, 0.3) is 10.9 Å². The van der Waals surface area contributed by atoms with Crippen LogP contribution < -0.4 is 0 Å². The monoisotopic (exact) mass is 285 g/mol. The standard InChI is InChI=1S/C17H19NO3/c1-3-11-5-4-6-12-14(8-18-16(11)12)15(19)9-21-17(20)13-7-10(13)2/h4-6,8,10,13,18H,3,7,9H2,1-2H3/t10-,13+/m1/s1. The molecule has 0 unspecified atom stereocenters. The normalized spacial score (nSPS) is 20.5. The highest BCUT2D eigenvalue weighted by molar-refractivity contribution is 6.09. The average molecular weight is 285 g/mol. The summed E-state index contributed by atoms with van der Waals surface area (Å²) in [7, 11) is 0. The second-order valence-corrected chi connectivity index (χ2v) is 5.75. The van der Waals surface area contributed by atoms with Gasteiger partial charge in [0.1, 0.15) is 0 Å². The molecule has 1 aliphatic carbocycles. The molecule has 0 spiro atoms. The molecule has 1 aromatic heterocycles. The first-order valence-electron chi connectivity index (χ1n) is 7.40. The van der Waals surface area contributed by atoms with Gasteiger partial charge >= 0.3 is 5.97 Å². The van der Waals surface area contributed by atoms with E-state index < -0.39 is 0 Å². The summed E-state index contributed by atoms with van der Waals surface area (Å²) in [5, 5.41) is 0.898. The number of ether oxygens (including phenoxy) is 1. The van der Waals surface area contributed by atoms with Gasteiger partial charge in [0.05, 0.1) is 5.92 Å².